The Bertz CT molecular complexity index is 572. The fourth-order valence-corrected chi connectivity index (χ4v) is 2.46. The van der Waals surface area contributed by atoms with Gasteiger partial charge in [-0.2, -0.15) is 0 Å². The topological polar surface area (TPSA) is 57.6 Å². The first-order valence-corrected chi connectivity index (χ1v) is 7.35. The number of rotatable bonds is 5. The number of ketones is 1. The number of carbonyl (C=O) groups excluding carboxylic acids is 2. The van der Waals surface area contributed by atoms with Gasteiger partial charge in [0.2, 0.25) is 0 Å². The summed E-state index contributed by atoms with van der Waals surface area (Å²) in [6.45, 7) is 2.20. The van der Waals surface area contributed by atoms with Gasteiger partial charge in [-0.15, -0.1) is 0 Å². The van der Waals surface area contributed by atoms with Crippen LogP contribution in [0.3, 0.4) is 0 Å². The molecule has 1 amide bonds. The lowest BCUT2D eigenvalue weighted by atomic mass is 10.0. The van der Waals surface area contributed by atoms with Gasteiger partial charge in [0.05, 0.1) is 6.54 Å². The number of aliphatic hydroxyl groups excluding tert-OH is 1. The molecule has 0 aromatic heterocycles. The smallest absolute Gasteiger partial charge is 0.261 e. The number of Topliss-reactive ketones (excluding diaryl/α,β-unsaturated/α-hetero) is 1. The van der Waals surface area contributed by atoms with Crippen LogP contribution in [0.25, 0.3) is 5.76 Å². The van der Waals surface area contributed by atoms with Crippen LogP contribution in [0.1, 0.15) is 37.3 Å². The summed E-state index contributed by atoms with van der Waals surface area (Å²) in [7, 11) is 1.55. The van der Waals surface area contributed by atoms with E-state index in [2.05, 4.69) is 6.92 Å². The van der Waals surface area contributed by atoms with Crippen LogP contribution in [0.4, 0.5) is 0 Å². The van der Waals surface area contributed by atoms with Gasteiger partial charge in [-0.1, -0.05) is 44.0 Å². The number of amides is 1. The van der Waals surface area contributed by atoms with Crippen LogP contribution in [0.5, 0.6) is 0 Å². The summed E-state index contributed by atoms with van der Waals surface area (Å²) in [5, 5.41) is 10.2. The van der Waals surface area contributed by atoms with E-state index in [0.29, 0.717) is 5.56 Å². The van der Waals surface area contributed by atoms with E-state index in [9.17, 15) is 14.7 Å². The van der Waals surface area contributed by atoms with Crippen molar-refractivity contribution in [3.8, 4) is 0 Å². The number of likely N-dealkylation sites (tertiary alicyclic amines) is 1. The Morgan fingerprint density at radius 2 is 1.86 bits per heavy atom. The molecule has 0 atom stereocenters. The minimum absolute atomic E-state index is 0.0350. The zero-order valence-corrected chi connectivity index (χ0v) is 12.6. The molecule has 0 radical (unpaired) electrons. The third kappa shape index (κ3) is 3.32. The minimum Gasteiger partial charge on any atom is -0.506 e. The van der Waals surface area contributed by atoms with Gasteiger partial charge in [-0.3, -0.25) is 9.59 Å². The first-order valence-electron chi connectivity index (χ1n) is 7.35. The molecule has 0 spiro atoms. The Labute approximate surface area is 125 Å². The quantitative estimate of drug-likeness (QED) is 0.392. The molecule has 0 aliphatic carbocycles. The number of unbranched alkanes of at least 4 members (excludes halogenated alkanes) is 2. The van der Waals surface area contributed by atoms with E-state index >= 15 is 0 Å². The van der Waals surface area contributed by atoms with Gasteiger partial charge in [-0.05, 0) is 18.4 Å². The summed E-state index contributed by atoms with van der Waals surface area (Å²) in [6, 6.07) is 7.41. The van der Waals surface area contributed by atoms with Gasteiger partial charge in [-0.25, -0.2) is 0 Å². The monoisotopic (exact) mass is 287 g/mol. The number of aryl methyl sites for hydroxylation is 1. The van der Waals surface area contributed by atoms with Crippen molar-refractivity contribution in [2.24, 2.45) is 0 Å². The second-order valence-corrected chi connectivity index (χ2v) is 5.46. The van der Waals surface area contributed by atoms with Gasteiger partial charge in [0.1, 0.15) is 11.3 Å². The van der Waals surface area contributed by atoms with Crippen molar-refractivity contribution in [3.63, 3.8) is 0 Å². The normalized spacial score (nSPS) is 17.5. The molecule has 1 saturated heterocycles. The van der Waals surface area contributed by atoms with Crippen molar-refractivity contribution in [2.75, 3.05) is 13.6 Å². The molecule has 0 saturated carbocycles. The summed E-state index contributed by atoms with van der Waals surface area (Å²) in [5.41, 5.74) is 1.61. The van der Waals surface area contributed by atoms with Crippen LogP contribution < -0.4 is 0 Å². The summed E-state index contributed by atoms with van der Waals surface area (Å²) in [6.07, 6.45) is 4.53. The van der Waals surface area contributed by atoms with Crippen LogP contribution in [-0.4, -0.2) is 35.3 Å². The average molecular weight is 287 g/mol. The second kappa shape index (κ2) is 6.57. The van der Waals surface area contributed by atoms with Crippen LogP contribution in [0.15, 0.2) is 29.8 Å². The summed E-state index contributed by atoms with van der Waals surface area (Å²) < 4.78 is 0. The molecule has 112 valence electrons. The van der Waals surface area contributed by atoms with Crippen LogP contribution in [-0.2, 0) is 16.0 Å². The zero-order chi connectivity index (χ0) is 15.4. The molecular formula is C17H21NO3. The Morgan fingerprint density at radius 1 is 1.19 bits per heavy atom. The van der Waals surface area contributed by atoms with E-state index in [0.717, 1.165) is 12.8 Å². The fraction of sp³-hybridized carbons (Fsp3) is 0.412. The molecule has 1 fully saturated rings. The fourth-order valence-electron chi connectivity index (χ4n) is 2.46. The van der Waals surface area contributed by atoms with E-state index in [4.69, 9.17) is 0 Å². The number of likely N-dealkylation sites (N-methyl/N-ethyl adjacent to an activating group) is 1. The number of carbonyl (C=O) groups is 2. The maximum Gasteiger partial charge on any atom is 0.261 e. The summed E-state index contributed by atoms with van der Waals surface area (Å²) in [4.78, 5) is 24.9. The van der Waals surface area contributed by atoms with E-state index in [1.54, 1.807) is 19.2 Å². The van der Waals surface area contributed by atoms with Gasteiger partial charge in [0.15, 0.2) is 5.78 Å². The van der Waals surface area contributed by atoms with Gasteiger partial charge < -0.3 is 10.0 Å². The van der Waals surface area contributed by atoms with Crippen molar-refractivity contribution in [1.82, 2.24) is 4.90 Å². The number of aliphatic hydroxyl groups is 1. The van der Waals surface area contributed by atoms with E-state index in [-0.39, 0.29) is 23.7 Å². The molecule has 21 heavy (non-hydrogen) atoms. The van der Waals surface area contributed by atoms with Crippen molar-refractivity contribution in [2.45, 2.75) is 32.6 Å². The lowest BCUT2D eigenvalue weighted by Gasteiger charge is -2.06. The molecule has 0 bridgehead atoms. The summed E-state index contributed by atoms with van der Waals surface area (Å²) >= 11 is 0. The Balaban J connectivity index is 2.18. The molecule has 1 heterocycles. The number of benzene rings is 1. The highest BCUT2D eigenvalue weighted by atomic mass is 16.3. The third-order valence-corrected chi connectivity index (χ3v) is 3.75. The molecule has 1 aliphatic rings. The van der Waals surface area contributed by atoms with E-state index < -0.39 is 5.91 Å². The highest BCUT2D eigenvalue weighted by molar-refractivity contribution is 6.28. The number of hydrogen-bond acceptors (Lipinski definition) is 3. The first-order chi connectivity index (χ1) is 10.0. The molecular weight excluding hydrogens is 266 g/mol. The lowest BCUT2D eigenvalue weighted by Crippen LogP contribution is -2.19. The van der Waals surface area contributed by atoms with Gasteiger partial charge in [0, 0.05) is 12.6 Å². The van der Waals surface area contributed by atoms with Crippen LogP contribution in [0, 0.1) is 0 Å². The zero-order valence-electron chi connectivity index (χ0n) is 12.6. The Kier molecular flexibility index (Phi) is 4.78. The average Bonchev–Trinajstić information content (AvgIpc) is 2.72. The molecule has 4 nitrogen and oxygen atoms in total. The SMILES string of the molecule is CCCCCc1ccc(/C(O)=C2\C(=O)CN(C)C2=O)cc1. The maximum absolute atomic E-state index is 11.9. The van der Waals surface area contributed by atoms with E-state index in [1.165, 1.54) is 23.3 Å². The van der Waals surface area contributed by atoms with Crippen molar-refractivity contribution in [3.05, 3.63) is 41.0 Å². The third-order valence-electron chi connectivity index (χ3n) is 3.75. The highest BCUT2D eigenvalue weighted by Crippen LogP contribution is 2.23. The van der Waals surface area contributed by atoms with Gasteiger partial charge >= 0.3 is 0 Å². The van der Waals surface area contributed by atoms with Crippen molar-refractivity contribution in [1.29, 1.82) is 0 Å². The molecule has 0 unspecified atom stereocenters. The molecule has 1 aromatic carbocycles. The molecule has 1 N–H and O–H groups in total. The Hall–Kier alpha value is -2.10. The number of nitrogens with zero attached hydrogens (tertiary/aromatic N) is 1. The van der Waals surface area contributed by atoms with E-state index in [1.807, 2.05) is 12.1 Å². The first kappa shape index (κ1) is 15.3. The largest absolute Gasteiger partial charge is 0.506 e. The summed E-state index contributed by atoms with van der Waals surface area (Å²) in [5.74, 6) is -0.953. The maximum atomic E-state index is 11.9. The predicted octanol–water partition coefficient (Wildman–Crippen LogP) is 2.73. The Morgan fingerprint density at radius 3 is 2.38 bits per heavy atom. The van der Waals surface area contributed by atoms with Crippen LogP contribution in [0.2, 0.25) is 0 Å². The predicted molar refractivity (Wildman–Crippen MR) is 81.9 cm³/mol. The molecule has 4 heteroatoms. The standard InChI is InChI=1S/C17H21NO3/c1-3-4-5-6-12-7-9-13(10-8-12)16(20)15-14(19)11-18(2)17(15)21/h7-10,20H,3-6,11H2,1-2H3/b16-15-. The lowest BCUT2D eigenvalue weighted by molar-refractivity contribution is -0.123. The molecule has 1 aliphatic heterocycles. The van der Waals surface area contributed by atoms with Crippen LogP contribution >= 0.6 is 0 Å². The minimum atomic E-state index is -0.412. The van der Waals surface area contributed by atoms with Crippen molar-refractivity contribution >= 4 is 17.4 Å². The van der Waals surface area contributed by atoms with Crippen molar-refractivity contribution < 1.29 is 14.7 Å². The molecule has 1 aromatic rings. The second-order valence-electron chi connectivity index (χ2n) is 5.46. The van der Waals surface area contributed by atoms with Gasteiger partial charge in [0.25, 0.3) is 5.91 Å². The molecule has 2 rings (SSSR count). The number of hydrogen-bond donors (Lipinski definition) is 1. The highest BCUT2D eigenvalue weighted by Gasteiger charge is 2.34.